The first kappa shape index (κ1) is 31.3. The molecule has 0 saturated heterocycles. The molecule has 1 aliphatic carbocycles. The molecule has 0 radical (unpaired) electrons. The molecule has 0 aliphatic heterocycles. The van der Waals surface area contributed by atoms with Crippen LogP contribution in [0.5, 0.6) is 0 Å². The van der Waals surface area contributed by atoms with E-state index in [0.717, 1.165) is 55.1 Å². The van der Waals surface area contributed by atoms with Crippen molar-refractivity contribution in [2.45, 2.75) is 76.9 Å². The summed E-state index contributed by atoms with van der Waals surface area (Å²) in [6.45, 7) is 3.76. The predicted molar refractivity (Wildman–Crippen MR) is 169 cm³/mol. The number of hydrogen-bond donors (Lipinski definition) is 1. The van der Waals surface area contributed by atoms with E-state index in [1.165, 1.54) is 4.31 Å². The number of sulfonamides is 1. The highest BCUT2D eigenvalue weighted by Gasteiger charge is 2.34. The van der Waals surface area contributed by atoms with Gasteiger partial charge in [-0.05, 0) is 41.5 Å². The molecule has 0 bridgehead atoms. The third-order valence-electron chi connectivity index (χ3n) is 7.93. The van der Waals surface area contributed by atoms with Gasteiger partial charge in [0.25, 0.3) is 0 Å². The van der Waals surface area contributed by atoms with Gasteiger partial charge < -0.3 is 10.2 Å². The van der Waals surface area contributed by atoms with Crippen LogP contribution in [-0.4, -0.2) is 50.0 Å². The number of carbonyl (C=O) groups is 2. The molecule has 0 unspecified atom stereocenters. The van der Waals surface area contributed by atoms with Crippen molar-refractivity contribution in [3.05, 3.63) is 102 Å². The summed E-state index contributed by atoms with van der Waals surface area (Å²) in [4.78, 5) is 29.9. The number of nitrogens with one attached hydrogen (secondary N) is 1. The van der Waals surface area contributed by atoms with Gasteiger partial charge in [0, 0.05) is 19.0 Å². The molecule has 42 heavy (non-hydrogen) atoms. The summed E-state index contributed by atoms with van der Waals surface area (Å²) in [5.74, 6) is -0.584. The first-order chi connectivity index (χ1) is 20.1. The van der Waals surface area contributed by atoms with Crippen LogP contribution in [0, 0.1) is 0 Å². The smallest absolute Gasteiger partial charge is 0.244 e. The second-order valence-electron chi connectivity index (χ2n) is 11.5. The lowest BCUT2D eigenvalue weighted by atomic mass is 9.94. The van der Waals surface area contributed by atoms with E-state index in [1.54, 1.807) is 17.0 Å². The van der Waals surface area contributed by atoms with Crippen LogP contribution in [0.15, 0.2) is 84.9 Å². The molecule has 3 aromatic rings. The lowest BCUT2D eigenvalue weighted by Gasteiger charge is -2.35. The number of benzene rings is 3. The van der Waals surface area contributed by atoms with Crippen molar-refractivity contribution in [1.29, 1.82) is 0 Å². The molecule has 4 rings (SSSR count). The standard InChI is InChI=1S/C34H43N3O4S/c1-26(2)30-21-13-14-22-31(30)37(42(3,40)41)25-33(38)36(24-28-17-9-5-10-18-28)32(23-27-15-7-4-8-16-27)34(39)35-29-19-11-6-12-20-29/h4-5,7-10,13-18,21-22,26,29,32H,6,11-12,19-20,23-25H2,1-3H3,(H,35,39)/t32-/m0/s1. The highest BCUT2D eigenvalue weighted by atomic mass is 32.2. The normalized spacial score (nSPS) is 14.8. The fourth-order valence-electron chi connectivity index (χ4n) is 5.68. The van der Waals surface area contributed by atoms with Gasteiger partial charge in [0.05, 0.1) is 11.9 Å². The zero-order chi connectivity index (χ0) is 30.1. The Morgan fingerprint density at radius 3 is 2.00 bits per heavy atom. The second kappa shape index (κ2) is 14.5. The molecule has 1 atom stereocenters. The molecule has 0 heterocycles. The van der Waals surface area contributed by atoms with Crippen LogP contribution in [0.2, 0.25) is 0 Å². The maximum atomic E-state index is 14.3. The minimum absolute atomic E-state index is 0.0491. The summed E-state index contributed by atoms with van der Waals surface area (Å²) in [5.41, 5.74) is 3.11. The predicted octanol–water partition coefficient (Wildman–Crippen LogP) is 5.67. The zero-order valence-electron chi connectivity index (χ0n) is 24.9. The number of anilines is 1. The van der Waals surface area contributed by atoms with Crippen LogP contribution in [-0.2, 0) is 32.6 Å². The lowest BCUT2D eigenvalue weighted by Crippen LogP contribution is -2.55. The Morgan fingerprint density at radius 1 is 0.833 bits per heavy atom. The molecule has 1 aliphatic rings. The monoisotopic (exact) mass is 589 g/mol. The maximum absolute atomic E-state index is 14.3. The number of rotatable bonds is 12. The third-order valence-corrected chi connectivity index (χ3v) is 9.05. The quantitative estimate of drug-likeness (QED) is 0.295. The molecule has 1 fully saturated rings. The Morgan fingerprint density at radius 2 is 1.40 bits per heavy atom. The topological polar surface area (TPSA) is 86.8 Å². The second-order valence-corrected chi connectivity index (χ2v) is 13.4. The van der Waals surface area contributed by atoms with Crippen molar-refractivity contribution in [3.8, 4) is 0 Å². The van der Waals surface area contributed by atoms with E-state index >= 15 is 0 Å². The minimum atomic E-state index is -3.82. The van der Waals surface area contributed by atoms with E-state index < -0.39 is 28.5 Å². The molecule has 8 heteroatoms. The zero-order valence-corrected chi connectivity index (χ0v) is 25.7. The summed E-state index contributed by atoms with van der Waals surface area (Å²) >= 11 is 0. The van der Waals surface area contributed by atoms with Crippen LogP contribution in [0.1, 0.15) is 68.6 Å². The van der Waals surface area contributed by atoms with Crippen LogP contribution >= 0.6 is 0 Å². The molecule has 0 aromatic heterocycles. The Bertz CT molecular complexity index is 1420. The molecule has 7 nitrogen and oxygen atoms in total. The minimum Gasteiger partial charge on any atom is -0.352 e. The Labute approximate surface area is 251 Å². The van der Waals surface area contributed by atoms with Gasteiger partial charge in [-0.15, -0.1) is 0 Å². The summed E-state index contributed by atoms with van der Waals surface area (Å²) in [6.07, 6.45) is 6.58. The Hall–Kier alpha value is -3.65. The van der Waals surface area contributed by atoms with Crippen LogP contribution in [0.3, 0.4) is 0 Å². The number of para-hydroxylation sites is 1. The fraction of sp³-hybridized carbons (Fsp3) is 0.412. The van der Waals surface area contributed by atoms with Crippen molar-refractivity contribution in [2.75, 3.05) is 17.1 Å². The first-order valence-electron chi connectivity index (χ1n) is 14.9. The number of nitrogens with zero attached hydrogens (tertiary/aromatic N) is 2. The summed E-state index contributed by atoms with van der Waals surface area (Å²) in [6, 6.07) is 25.7. The van der Waals surface area contributed by atoms with E-state index in [9.17, 15) is 18.0 Å². The average Bonchev–Trinajstić information content (AvgIpc) is 2.98. The van der Waals surface area contributed by atoms with Crippen molar-refractivity contribution in [2.24, 2.45) is 0 Å². The van der Waals surface area contributed by atoms with Crippen molar-refractivity contribution in [1.82, 2.24) is 10.2 Å². The van der Waals surface area contributed by atoms with Gasteiger partial charge in [0.1, 0.15) is 12.6 Å². The Kier molecular flexibility index (Phi) is 10.8. The highest BCUT2D eigenvalue weighted by Crippen LogP contribution is 2.29. The van der Waals surface area contributed by atoms with Gasteiger partial charge in [-0.1, -0.05) is 112 Å². The van der Waals surface area contributed by atoms with Crippen LogP contribution in [0.25, 0.3) is 0 Å². The molecular weight excluding hydrogens is 546 g/mol. The van der Waals surface area contributed by atoms with Crippen LogP contribution < -0.4 is 9.62 Å². The summed E-state index contributed by atoms with van der Waals surface area (Å²) in [5, 5.41) is 3.23. The molecule has 1 N–H and O–H groups in total. The maximum Gasteiger partial charge on any atom is 0.244 e. The highest BCUT2D eigenvalue weighted by molar-refractivity contribution is 7.92. The number of hydrogen-bond acceptors (Lipinski definition) is 4. The van der Waals surface area contributed by atoms with Gasteiger partial charge in [0.15, 0.2) is 0 Å². The molecular formula is C34H43N3O4S. The van der Waals surface area contributed by atoms with Gasteiger partial charge in [-0.2, -0.15) is 0 Å². The summed E-state index contributed by atoms with van der Waals surface area (Å²) in [7, 11) is -3.82. The molecule has 3 aromatic carbocycles. The van der Waals surface area contributed by atoms with E-state index in [0.29, 0.717) is 12.1 Å². The average molecular weight is 590 g/mol. The van der Waals surface area contributed by atoms with Crippen LogP contribution in [0.4, 0.5) is 5.69 Å². The van der Waals surface area contributed by atoms with E-state index in [2.05, 4.69) is 5.32 Å². The van der Waals surface area contributed by atoms with E-state index in [-0.39, 0.29) is 24.4 Å². The number of amides is 2. The molecule has 0 spiro atoms. The fourth-order valence-corrected chi connectivity index (χ4v) is 6.54. The SMILES string of the molecule is CC(C)c1ccccc1N(CC(=O)N(Cc1ccccc1)[C@@H](Cc1ccccc1)C(=O)NC1CCCCC1)S(C)(=O)=O. The van der Waals surface area contributed by atoms with Gasteiger partial charge in [0.2, 0.25) is 21.8 Å². The number of carbonyl (C=O) groups excluding carboxylic acids is 2. The lowest BCUT2D eigenvalue weighted by molar-refractivity contribution is -0.140. The summed E-state index contributed by atoms with van der Waals surface area (Å²) < 4.78 is 27.5. The van der Waals surface area contributed by atoms with Gasteiger partial charge in [-0.3, -0.25) is 13.9 Å². The largest absolute Gasteiger partial charge is 0.352 e. The Balaban J connectivity index is 1.73. The van der Waals surface area contributed by atoms with E-state index in [4.69, 9.17) is 0 Å². The van der Waals surface area contributed by atoms with Crippen molar-refractivity contribution >= 4 is 27.5 Å². The van der Waals surface area contributed by atoms with Crippen molar-refractivity contribution in [3.63, 3.8) is 0 Å². The molecule has 2 amide bonds. The van der Waals surface area contributed by atoms with E-state index in [1.807, 2.05) is 86.6 Å². The van der Waals surface area contributed by atoms with Gasteiger partial charge >= 0.3 is 0 Å². The third kappa shape index (κ3) is 8.44. The van der Waals surface area contributed by atoms with Gasteiger partial charge in [-0.25, -0.2) is 8.42 Å². The molecule has 224 valence electrons. The van der Waals surface area contributed by atoms with Crippen molar-refractivity contribution < 1.29 is 18.0 Å². The first-order valence-corrected chi connectivity index (χ1v) is 16.7. The molecule has 1 saturated carbocycles.